The van der Waals surface area contributed by atoms with Gasteiger partial charge in [-0.15, -0.1) is 0 Å². The number of fused-ring (bicyclic) bond motifs is 1. The summed E-state index contributed by atoms with van der Waals surface area (Å²) in [6, 6.07) is 0.885. The molecule has 0 aromatic rings. The third-order valence-electron chi connectivity index (χ3n) is 3.98. The van der Waals surface area contributed by atoms with E-state index >= 15 is 0 Å². The Balaban J connectivity index is 1.58. The van der Waals surface area contributed by atoms with Gasteiger partial charge >= 0.3 is 0 Å². The van der Waals surface area contributed by atoms with Gasteiger partial charge in [-0.2, -0.15) is 0 Å². The van der Waals surface area contributed by atoms with Crippen LogP contribution in [0, 0.1) is 11.8 Å². The van der Waals surface area contributed by atoms with Gasteiger partial charge < -0.3 is 10.2 Å². The lowest BCUT2D eigenvalue weighted by Crippen LogP contribution is -2.57. The maximum absolute atomic E-state index is 3.49. The number of hydrogen-bond donors (Lipinski definition) is 1. The van der Waals surface area contributed by atoms with Gasteiger partial charge in [-0.25, -0.2) is 0 Å². The highest BCUT2D eigenvalue weighted by Crippen LogP contribution is 2.29. The molecule has 0 aromatic heterocycles. The van der Waals surface area contributed by atoms with Gasteiger partial charge in [-0.05, 0) is 32.0 Å². The van der Waals surface area contributed by atoms with Crippen LogP contribution in [0.4, 0.5) is 0 Å². The van der Waals surface area contributed by atoms with E-state index in [1.54, 1.807) is 0 Å². The zero-order valence-corrected chi connectivity index (χ0v) is 8.37. The van der Waals surface area contributed by atoms with Gasteiger partial charge in [0, 0.05) is 32.2 Å². The largest absolute Gasteiger partial charge is 0.316 e. The van der Waals surface area contributed by atoms with Crippen LogP contribution in [0.3, 0.4) is 0 Å². The first-order valence-corrected chi connectivity index (χ1v) is 5.46. The Hall–Kier alpha value is -0.120. The molecule has 3 nitrogen and oxygen atoms in total. The van der Waals surface area contributed by atoms with Crippen LogP contribution in [0.2, 0.25) is 0 Å². The van der Waals surface area contributed by atoms with E-state index in [1.165, 1.54) is 39.3 Å². The zero-order chi connectivity index (χ0) is 8.84. The fourth-order valence-corrected chi connectivity index (χ4v) is 3.09. The van der Waals surface area contributed by atoms with Gasteiger partial charge in [-0.1, -0.05) is 0 Å². The zero-order valence-electron chi connectivity index (χ0n) is 8.37. The van der Waals surface area contributed by atoms with Crippen molar-refractivity contribution in [3.8, 4) is 0 Å². The van der Waals surface area contributed by atoms with Gasteiger partial charge in [0.05, 0.1) is 0 Å². The molecule has 1 N–H and O–H groups in total. The summed E-state index contributed by atoms with van der Waals surface area (Å²) >= 11 is 0. The van der Waals surface area contributed by atoms with Crippen molar-refractivity contribution in [2.24, 2.45) is 11.8 Å². The molecule has 2 unspecified atom stereocenters. The number of nitrogens with one attached hydrogen (secondary N) is 1. The first-order chi connectivity index (χ1) is 6.33. The number of nitrogens with zero attached hydrogens (tertiary/aromatic N) is 2. The summed E-state index contributed by atoms with van der Waals surface area (Å²) in [5.41, 5.74) is 0. The van der Waals surface area contributed by atoms with Crippen LogP contribution in [-0.4, -0.2) is 62.2 Å². The summed E-state index contributed by atoms with van der Waals surface area (Å²) < 4.78 is 0. The van der Waals surface area contributed by atoms with Crippen molar-refractivity contribution >= 4 is 0 Å². The van der Waals surface area contributed by atoms with Gasteiger partial charge in [-0.3, -0.25) is 4.90 Å². The average Bonchev–Trinajstić information content (AvgIpc) is 2.55. The van der Waals surface area contributed by atoms with Crippen LogP contribution in [0.5, 0.6) is 0 Å². The fourth-order valence-electron chi connectivity index (χ4n) is 3.09. The number of likely N-dealkylation sites (N-methyl/N-ethyl adjacent to an activating group) is 1. The van der Waals surface area contributed by atoms with Crippen LogP contribution in [0.25, 0.3) is 0 Å². The highest BCUT2D eigenvalue weighted by Gasteiger charge is 2.41. The Morgan fingerprint density at radius 1 is 1.00 bits per heavy atom. The summed E-state index contributed by atoms with van der Waals surface area (Å²) in [6.07, 6.45) is 0. The maximum atomic E-state index is 3.49. The molecular weight excluding hydrogens is 162 g/mol. The van der Waals surface area contributed by atoms with Gasteiger partial charge in [0.25, 0.3) is 0 Å². The predicted octanol–water partition coefficient (Wildman–Crippen LogP) is -0.548. The standard InChI is InChI=1S/C10H19N3/c1-12-6-10(7-12)13-4-8-2-11-3-9(8)5-13/h8-11H,2-7H2,1H3. The van der Waals surface area contributed by atoms with Crippen molar-refractivity contribution in [1.82, 2.24) is 15.1 Å². The van der Waals surface area contributed by atoms with E-state index in [0.717, 1.165) is 17.9 Å². The fraction of sp³-hybridized carbons (Fsp3) is 1.00. The molecule has 3 rings (SSSR count). The van der Waals surface area contributed by atoms with E-state index in [9.17, 15) is 0 Å². The predicted molar refractivity (Wildman–Crippen MR) is 52.7 cm³/mol. The van der Waals surface area contributed by atoms with Crippen molar-refractivity contribution in [3.63, 3.8) is 0 Å². The molecule has 3 saturated heterocycles. The summed E-state index contributed by atoms with van der Waals surface area (Å²) in [5, 5.41) is 3.49. The minimum Gasteiger partial charge on any atom is -0.316 e. The molecule has 2 atom stereocenters. The third-order valence-corrected chi connectivity index (χ3v) is 3.98. The normalized spacial score (nSPS) is 42.2. The molecule has 0 amide bonds. The molecule has 3 fully saturated rings. The molecule has 0 radical (unpaired) electrons. The summed E-state index contributed by atoms with van der Waals surface area (Å²) in [7, 11) is 2.22. The van der Waals surface area contributed by atoms with Crippen molar-refractivity contribution in [2.75, 3.05) is 46.3 Å². The summed E-state index contributed by atoms with van der Waals surface area (Å²) in [4.78, 5) is 5.13. The van der Waals surface area contributed by atoms with Crippen molar-refractivity contribution in [3.05, 3.63) is 0 Å². The lowest BCUT2D eigenvalue weighted by Gasteiger charge is -2.42. The summed E-state index contributed by atoms with van der Waals surface area (Å²) in [6.45, 7) is 7.85. The van der Waals surface area contributed by atoms with Crippen molar-refractivity contribution in [2.45, 2.75) is 6.04 Å². The number of likely N-dealkylation sites (tertiary alicyclic amines) is 2. The highest BCUT2D eigenvalue weighted by atomic mass is 15.3. The molecule has 0 aromatic carbocycles. The molecule has 3 aliphatic heterocycles. The molecule has 3 heteroatoms. The van der Waals surface area contributed by atoms with E-state index in [2.05, 4.69) is 22.2 Å². The van der Waals surface area contributed by atoms with Crippen LogP contribution in [0.15, 0.2) is 0 Å². The second-order valence-electron chi connectivity index (χ2n) is 5.01. The highest BCUT2D eigenvalue weighted by molar-refractivity contribution is 4.97. The van der Waals surface area contributed by atoms with Gasteiger partial charge in [0.1, 0.15) is 0 Å². The minimum atomic E-state index is 0.885. The van der Waals surface area contributed by atoms with Gasteiger partial charge in [0.2, 0.25) is 0 Å². The quantitative estimate of drug-likeness (QED) is 0.586. The van der Waals surface area contributed by atoms with Gasteiger partial charge in [0.15, 0.2) is 0 Å². The molecule has 0 bridgehead atoms. The van der Waals surface area contributed by atoms with E-state index in [-0.39, 0.29) is 0 Å². The molecule has 0 saturated carbocycles. The Morgan fingerprint density at radius 2 is 1.62 bits per heavy atom. The molecule has 74 valence electrons. The Labute approximate surface area is 80.1 Å². The summed E-state index contributed by atoms with van der Waals surface area (Å²) in [5.74, 6) is 1.93. The van der Waals surface area contributed by atoms with Crippen molar-refractivity contribution < 1.29 is 0 Å². The van der Waals surface area contributed by atoms with Crippen LogP contribution in [-0.2, 0) is 0 Å². The molecule has 0 aliphatic carbocycles. The van der Waals surface area contributed by atoms with Crippen LogP contribution < -0.4 is 5.32 Å². The average molecular weight is 181 g/mol. The monoisotopic (exact) mass is 181 g/mol. The van der Waals surface area contributed by atoms with Crippen LogP contribution in [0.1, 0.15) is 0 Å². The van der Waals surface area contributed by atoms with E-state index in [1.807, 2.05) is 0 Å². The lowest BCUT2D eigenvalue weighted by molar-refractivity contribution is 0.0641. The third kappa shape index (κ3) is 1.30. The van der Waals surface area contributed by atoms with E-state index < -0.39 is 0 Å². The lowest BCUT2D eigenvalue weighted by atomic mass is 10.0. The Kier molecular flexibility index (Phi) is 1.86. The number of rotatable bonds is 1. The topological polar surface area (TPSA) is 18.5 Å². The molecule has 3 heterocycles. The molecule has 0 spiro atoms. The Bertz CT molecular complexity index is 188. The van der Waals surface area contributed by atoms with Crippen molar-refractivity contribution in [1.29, 1.82) is 0 Å². The first kappa shape index (κ1) is 8.21. The SMILES string of the molecule is CN1CC(N2CC3CNCC3C2)C1. The first-order valence-electron chi connectivity index (χ1n) is 5.46. The minimum absolute atomic E-state index is 0.885. The van der Waals surface area contributed by atoms with E-state index in [0.29, 0.717) is 0 Å². The van der Waals surface area contributed by atoms with E-state index in [4.69, 9.17) is 0 Å². The second-order valence-corrected chi connectivity index (χ2v) is 5.01. The smallest absolute Gasteiger partial charge is 0.0350 e. The second kappa shape index (κ2) is 2.94. The molecular formula is C10H19N3. The Morgan fingerprint density at radius 3 is 2.15 bits per heavy atom. The molecule has 13 heavy (non-hydrogen) atoms. The maximum Gasteiger partial charge on any atom is 0.0350 e. The number of hydrogen-bond acceptors (Lipinski definition) is 3. The molecule has 3 aliphatic rings. The van der Waals surface area contributed by atoms with Crippen LogP contribution >= 0.6 is 0 Å².